The Labute approximate surface area is 102 Å². The minimum atomic E-state index is -0.840. The van der Waals surface area contributed by atoms with Gasteiger partial charge in [0.1, 0.15) is 18.5 Å². The number of aliphatic hydroxyl groups is 2. The Kier molecular flexibility index (Phi) is 5.41. The average Bonchev–Trinajstić information content (AvgIpc) is 2.35. The Balaban J connectivity index is 2.83. The molecule has 0 amide bonds. The van der Waals surface area contributed by atoms with Gasteiger partial charge in [-0.3, -0.25) is 0 Å². The Morgan fingerprint density at radius 3 is 2.71 bits per heavy atom. The minimum Gasteiger partial charge on any atom is -0.490 e. The lowest BCUT2D eigenvalue weighted by molar-refractivity contribution is 0.0531. The fourth-order valence-electron chi connectivity index (χ4n) is 1.52. The molecule has 0 fully saturated rings. The van der Waals surface area contributed by atoms with Crippen molar-refractivity contribution in [1.82, 2.24) is 5.32 Å². The van der Waals surface area contributed by atoms with Gasteiger partial charge in [0, 0.05) is 11.6 Å². The Morgan fingerprint density at radius 1 is 1.41 bits per heavy atom. The Hall–Kier alpha value is -1.10. The van der Waals surface area contributed by atoms with E-state index >= 15 is 0 Å². The maximum absolute atomic E-state index is 9.28. The van der Waals surface area contributed by atoms with Gasteiger partial charge in [-0.05, 0) is 32.5 Å². The van der Waals surface area contributed by atoms with Crippen molar-refractivity contribution in [3.8, 4) is 5.75 Å². The van der Waals surface area contributed by atoms with Crippen LogP contribution in [0, 0.1) is 6.92 Å². The van der Waals surface area contributed by atoms with Crippen molar-refractivity contribution in [2.75, 3.05) is 20.3 Å². The molecule has 0 heterocycles. The first-order valence-electron chi connectivity index (χ1n) is 5.78. The zero-order valence-corrected chi connectivity index (χ0v) is 10.6. The van der Waals surface area contributed by atoms with E-state index in [1.165, 1.54) is 0 Å². The third kappa shape index (κ3) is 4.00. The molecule has 0 bridgehead atoms. The molecule has 1 aromatic carbocycles. The summed E-state index contributed by atoms with van der Waals surface area (Å²) in [5, 5.41) is 21.2. The van der Waals surface area contributed by atoms with Crippen LogP contribution in [0.25, 0.3) is 0 Å². The maximum atomic E-state index is 9.28. The highest BCUT2D eigenvalue weighted by molar-refractivity contribution is 5.39. The Morgan fingerprint density at radius 2 is 2.12 bits per heavy atom. The SMILES string of the molecule is CNC(C)c1ccc(C)cc1OCC(O)CO. The second-order valence-corrected chi connectivity index (χ2v) is 4.20. The molecule has 4 nitrogen and oxygen atoms in total. The number of rotatable bonds is 6. The third-order valence-corrected chi connectivity index (χ3v) is 2.71. The van der Waals surface area contributed by atoms with Gasteiger partial charge in [-0.15, -0.1) is 0 Å². The monoisotopic (exact) mass is 239 g/mol. The summed E-state index contributed by atoms with van der Waals surface area (Å²) in [5.41, 5.74) is 2.15. The summed E-state index contributed by atoms with van der Waals surface area (Å²) in [6, 6.07) is 6.15. The standard InChI is InChI=1S/C13H21NO3/c1-9-4-5-12(10(2)14-3)13(6-9)17-8-11(16)7-15/h4-6,10-11,14-16H,7-8H2,1-3H3. The number of hydrogen-bond acceptors (Lipinski definition) is 4. The third-order valence-electron chi connectivity index (χ3n) is 2.71. The summed E-state index contributed by atoms with van der Waals surface area (Å²) < 4.78 is 5.54. The highest BCUT2D eigenvalue weighted by atomic mass is 16.5. The van der Waals surface area contributed by atoms with Crippen LogP contribution >= 0.6 is 0 Å². The molecule has 1 rings (SSSR count). The molecular weight excluding hydrogens is 218 g/mol. The molecule has 1 aromatic rings. The summed E-state index contributed by atoms with van der Waals surface area (Å²) in [4.78, 5) is 0. The molecule has 2 atom stereocenters. The molecule has 0 aromatic heterocycles. The minimum absolute atomic E-state index is 0.101. The summed E-state index contributed by atoms with van der Waals surface area (Å²) >= 11 is 0. The summed E-state index contributed by atoms with van der Waals surface area (Å²) in [7, 11) is 1.89. The van der Waals surface area contributed by atoms with Crippen LogP contribution in [0.2, 0.25) is 0 Å². The van der Waals surface area contributed by atoms with Gasteiger partial charge < -0.3 is 20.3 Å². The van der Waals surface area contributed by atoms with E-state index < -0.39 is 6.10 Å². The number of hydrogen-bond donors (Lipinski definition) is 3. The second-order valence-electron chi connectivity index (χ2n) is 4.20. The van der Waals surface area contributed by atoms with Crippen molar-refractivity contribution in [2.24, 2.45) is 0 Å². The topological polar surface area (TPSA) is 61.7 Å². The highest BCUT2D eigenvalue weighted by Gasteiger charge is 2.11. The van der Waals surface area contributed by atoms with Crippen LogP contribution in [-0.4, -0.2) is 36.6 Å². The Bertz CT molecular complexity index is 355. The fourth-order valence-corrected chi connectivity index (χ4v) is 1.52. The van der Waals surface area contributed by atoms with Gasteiger partial charge in [0.05, 0.1) is 6.61 Å². The van der Waals surface area contributed by atoms with E-state index in [-0.39, 0.29) is 19.3 Å². The molecular formula is C13H21NO3. The molecule has 3 N–H and O–H groups in total. The fraction of sp³-hybridized carbons (Fsp3) is 0.538. The van der Waals surface area contributed by atoms with Crippen LogP contribution in [0.15, 0.2) is 18.2 Å². The number of aliphatic hydroxyl groups excluding tert-OH is 2. The van der Waals surface area contributed by atoms with Crippen molar-refractivity contribution in [1.29, 1.82) is 0 Å². The molecule has 0 aliphatic carbocycles. The van der Waals surface area contributed by atoms with Crippen LogP contribution in [0.5, 0.6) is 5.75 Å². The lowest BCUT2D eigenvalue weighted by atomic mass is 10.1. The van der Waals surface area contributed by atoms with E-state index in [9.17, 15) is 5.11 Å². The van der Waals surface area contributed by atoms with Crippen molar-refractivity contribution in [3.05, 3.63) is 29.3 Å². The van der Waals surface area contributed by atoms with Crippen molar-refractivity contribution < 1.29 is 14.9 Å². The summed E-state index contributed by atoms with van der Waals surface area (Å²) in [6.07, 6.45) is -0.840. The maximum Gasteiger partial charge on any atom is 0.124 e. The zero-order valence-electron chi connectivity index (χ0n) is 10.6. The predicted octanol–water partition coefficient (Wildman–Crippen LogP) is 1.01. The quantitative estimate of drug-likeness (QED) is 0.693. The summed E-state index contributed by atoms with van der Waals surface area (Å²) in [5.74, 6) is 0.749. The van der Waals surface area contributed by atoms with Crippen LogP contribution in [0.3, 0.4) is 0 Å². The molecule has 2 unspecified atom stereocenters. The zero-order chi connectivity index (χ0) is 12.8. The molecule has 0 aliphatic rings. The molecule has 17 heavy (non-hydrogen) atoms. The van der Waals surface area contributed by atoms with Crippen LogP contribution < -0.4 is 10.1 Å². The molecule has 96 valence electrons. The van der Waals surface area contributed by atoms with Gasteiger partial charge >= 0.3 is 0 Å². The van der Waals surface area contributed by atoms with Gasteiger partial charge in [-0.25, -0.2) is 0 Å². The first-order valence-corrected chi connectivity index (χ1v) is 5.78. The lowest BCUT2D eigenvalue weighted by Gasteiger charge is -2.18. The first kappa shape index (κ1) is 14.0. The molecule has 0 saturated heterocycles. The molecule has 0 aliphatic heterocycles. The van der Waals surface area contributed by atoms with E-state index in [1.807, 2.05) is 39.1 Å². The van der Waals surface area contributed by atoms with E-state index in [0.29, 0.717) is 0 Å². The van der Waals surface area contributed by atoms with E-state index in [0.717, 1.165) is 16.9 Å². The normalized spacial score (nSPS) is 14.4. The second kappa shape index (κ2) is 6.59. The van der Waals surface area contributed by atoms with Crippen LogP contribution in [0.1, 0.15) is 24.1 Å². The van der Waals surface area contributed by atoms with Crippen molar-refractivity contribution in [2.45, 2.75) is 26.0 Å². The highest BCUT2D eigenvalue weighted by Crippen LogP contribution is 2.26. The van der Waals surface area contributed by atoms with Crippen LogP contribution in [0.4, 0.5) is 0 Å². The lowest BCUT2D eigenvalue weighted by Crippen LogP contribution is -2.22. The van der Waals surface area contributed by atoms with Gasteiger partial charge in [-0.2, -0.15) is 0 Å². The van der Waals surface area contributed by atoms with Crippen molar-refractivity contribution >= 4 is 0 Å². The molecule has 0 saturated carbocycles. The molecule has 0 spiro atoms. The van der Waals surface area contributed by atoms with Crippen molar-refractivity contribution in [3.63, 3.8) is 0 Å². The van der Waals surface area contributed by atoms with Gasteiger partial charge in [0.25, 0.3) is 0 Å². The number of ether oxygens (including phenoxy) is 1. The average molecular weight is 239 g/mol. The number of benzene rings is 1. The van der Waals surface area contributed by atoms with Gasteiger partial charge in [0.2, 0.25) is 0 Å². The first-order chi connectivity index (χ1) is 8.08. The number of nitrogens with one attached hydrogen (secondary N) is 1. The molecule has 0 radical (unpaired) electrons. The van der Waals surface area contributed by atoms with Gasteiger partial charge in [0.15, 0.2) is 0 Å². The summed E-state index contributed by atoms with van der Waals surface area (Å²) in [6.45, 7) is 3.84. The van der Waals surface area contributed by atoms with Crippen LogP contribution in [-0.2, 0) is 0 Å². The van der Waals surface area contributed by atoms with E-state index in [1.54, 1.807) is 0 Å². The molecule has 4 heteroatoms. The smallest absolute Gasteiger partial charge is 0.124 e. The largest absolute Gasteiger partial charge is 0.490 e. The van der Waals surface area contributed by atoms with Gasteiger partial charge in [-0.1, -0.05) is 12.1 Å². The van der Waals surface area contributed by atoms with E-state index in [2.05, 4.69) is 5.32 Å². The van der Waals surface area contributed by atoms with E-state index in [4.69, 9.17) is 9.84 Å². The predicted molar refractivity (Wildman–Crippen MR) is 67.2 cm³/mol. The number of aryl methyl sites for hydroxylation is 1.